The Kier molecular flexibility index (Phi) is 3.12. The highest BCUT2D eigenvalue weighted by molar-refractivity contribution is 5.31. The Bertz CT molecular complexity index is 320. The van der Waals surface area contributed by atoms with E-state index in [1.54, 1.807) is 6.08 Å². The first-order chi connectivity index (χ1) is 6.45. The minimum absolute atomic E-state index is 0.0581. The minimum Gasteiger partial charge on any atom is -0.321 e. The summed E-state index contributed by atoms with van der Waals surface area (Å²) >= 11 is 0. The van der Waals surface area contributed by atoms with Gasteiger partial charge < -0.3 is 5.73 Å². The molecule has 0 bridgehead atoms. The van der Waals surface area contributed by atoms with E-state index in [9.17, 15) is 0 Å². The van der Waals surface area contributed by atoms with Gasteiger partial charge in [-0.25, -0.2) is 0 Å². The Morgan fingerprint density at radius 2 is 2.00 bits per heavy atom. The van der Waals surface area contributed by atoms with E-state index in [4.69, 9.17) is 5.73 Å². The van der Waals surface area contributed by atoms with Crippen LogP contribution in [0.15, 0.2) is 36.9 Å². The number of rotatable bonds is 2. The van der Waals surface area contributed by atoms with E-state index in [0.717, 1.165) is 5.56 Å². The van der Waals surface area contributed by atoms with Crippen LogP contribution in [0.4, 0.5) is 0 Å². The first kappa shape index (κ1) is 11.0. The van der Waals surface area contributed by atoms with E-state index in [1.807, 2.05) is 6.07 Å². The number of nitrogens with two attached hydrogens (primary N) is 1. The molecule has 14 heavy (non-hydrogen) atoms. The van der Waals surface area contributed by atoms with Crippen LogP contribution >= 0.6 is 0 Å². The molecule has 0 aliphatic carbocycles. The van der Waals surface area contributed by atoms with Crippen molar-refractivity contribution in [2.45, 2.75) is 32.2 Å². The molecule has 1 aromatic rings. The van der Waals surface area contributed by atoms with Crippen molar-refractivity contribution in [2.24, 2.45) is 5.73 Å². The average molecular weight is 189 g/mol. The lowest BCUT2D eigenvalue weighted by atomic mass is 9.85. The Morgan fingerprint density at radius 1 is 1.36 bits per heavy atom. The molecule has 0 spiro atoms. The molecular formula is C13H19N. The highest BCUT2D eigenvalue weighted by Crippen LogP contribution is 2.24. The van der Waals surface area contributed by atoms with Gasteiger partial charge in [0, 0.05) is 6.04 Å². The quantitative estimate of drug-likeness (QED) is 0.710. The van der Waals surface area contributed by atoms with Crippen molar-refractivity contribution in [3.05, 3.63) is 48.0 Å². The van der Waals surface area contributed by atoms with E-state index in [0.29, 0.717) is 0 Å². The topological polar surface area (TPSA) is 26.0 Å². The fraction of sp³-hybridized carbons (Fsp3) is 0.385. The Hall–Kier alpha value is -1.08. The molecular weight excluding hydrogens is 170 g/mol. The summed E-state index contributed by atoms with van der Waals surface area (Å²) in [5, 5.41) is 0. The largest absolute Gasteiger partial charge is 0.321 e. The van der Waals surface area contributed by atoms with Crippen molar-refractivity contribution in [1.82, 2.24) is 0 Å². The van der Waals surface area contributed by atoms with Crippen LogP contribution in [0, 0.1) is 0 Å². The van der Waals surface area contributed by atoms with E-state index in [1.165, 1.54) is 5.56 Å². The zero-order valence-electron chi connectivity index (χ0n) is 9.25. The maximum Gasteiger partial charge on any atom is 0.0478 e. The molecule has 0 aliphatic heterocycles. The standard InChI is InChI=1S/C13H19N/c1-5-12(14)10-7-6-8-11(9-10)13(2,3)4/h5-9,12H,1,14H2,2-4H3. The van der Waals surface area contributed by atoms with Crippen molar-refractivity contribution in [3.8, 4) is 0 Å². The molecule has 0 aliphatic rings. The molecule has 1 nitrogen and oxygen atoms in total. The molecule has 0 heterocycles. The second-order valence-corrected chi connectivity index (χ2v) is 4.64. The maximum atomic E-state index is 5.89. The minimum atomic E-state index is -0.0581. The van der Waals surface area contributed by atoms with Crippen molar-refractivity contribution in [2.75, 3.05) is 0 Å². The normalized spacial score (nSPS) is 13.7. The third-order valence-electron chi connectivity index (χ3n) is 2.39. The SMILES string of the molecule is C=CC(N)c1cccc(C(C)(C)C)c1. The number of hydrogen-bond acceptors (Lipinski definition) is 1. The van der Waals surface area contributed by atoms with E-state index < -0.39 is 0 Å². The van der Waals surface area contributed by atoms with E-state index in [-0.39, 0.29) is 11.5 Å². The molecule has 0 radical (unpaired) electrons. The van der Waals surface area contributed by atoms with Crippen molar-refractivity contribution < 1.29 is 0 Å². The fourth-order valence-corrected chi connectivity index (χ4v) is 1.35. The third-order valence-corrected chi connectivity index (χ3v) is 2.39. The summed E-state index contributed by atoms with van der Waals surface area (Å²) in [6.45, 7) is 10.3. The zero-order chi connectivity index (χ0) is 10.8. The predicted octanol–water partition coefficient (Wildman–Crippen LogP) is 3.17. The monoisotopic (exact) mass is 189 g/mol. The highest BCUT2D eigenvalue weighted by Gasteiger charge is 2.14. The molecule has 0 saturated heterocycles. The van der Waals surface area contributed by atoms with E-state index in [2.05, 4.69) is 45.5 Å². The van der Waals surface area contributed by atoms with Gasteiger partial charge in [-0.15, -0.1) is 6.58 Å². The summed E-state index contributed by atoms with van der Waals surface area (Å²) in [5.41, 5.74) is 8.51. The van der Waals surface area contributed by atoms with Gasteiger partial charge >= 0.3 is 0 Å². The Morgan fingerprint density at radius 3 is 2.50 bits per heavy atom. The molecule has 1 atom stereocenters. The molecule has 0 fully saturated rings. The summed E-state index contributed by atoms with van der Waals surface area (Å²) in [6.07, 6.45) is 1.77. The summed E-state index contributed by atoms with van der Waals surface area (Å²) in [4.78, 5) is 0. The van der Waals surface area contributed by atoms with Gasteiger partial charge in [0.25, 0.3) is 0 Å². The molecule has 1 heteroatoms. The van der Waals surface area contributed by atoms with Crippen LogP contribution in [0.1, 0.15) is 37.9 Å². The van der Waals surface area contributed by atoms with Crippen molar-refractivity contribution in [3.63, 3.8) is 0 Å². The Labute approximate surface area is 86.6 Å². The lowest BCUT2D eigenvalue weighted by Crippen LogP contribution is -2.13. The van der Waals surface area contributed by atoms with Crippen LogP contribution in [0.3, 0.4) is 0 Å². The number of hydrogen-bond donors (Lipinski definition) is 1. The van der Waals surface area contributed by atoms with Crippen molar-refractivity contribution in [1.29, 1.82) is 0 Å². The maximum absolute atomic E-state index is 5.89. The first-order valence-corrected chi connectivity index (χ1v) is 4.93. The lowest BCUT2D eigenvalue weighted by molar-refractivity contribution is 0.589. The lowest BCUT2D eigenvalue weighted by Gasteiger charge is -2.20. The second kappa shape index (κ2) is 3.97. The second-order valence-electron chi connectivity index (χ2n) is 4.64. The summed E-state index contributed by atoms with van der Waals surface area (Å²) in [7, 11) is 0. The fourth-order valence-electron chi connectivity index (χ4n) is 1.35. The van der Waals surface area contributed by atoms with Crippen LogP contribution in [0.25, 0.3) is 0 Å². The molecule has 1 rings (SSSR count). The average Bonchev–Trinajstić information content (AvgIpc) is 2.15. The smallest absolute Gasteiger partial charge is 0.0478 e. The highest BCUT2D eigenvalue weighted by atomic mass is 14.6. The van der Waals surface area contributed by atoms with Gasteiger partial charge in [-0.2, -0.15) is 0 Å². The zero-order valence-corrected chi connectivity index (χ0v) is 9.25. The van der Waals surface area contributed by atoms with Gasteiger partial charge in [0.1, 0.15) is 0 Å². The Balaban J connectivity index is 3.07. The summed E-state index contributed by atoms with van der Waals surface area (Å²) < 4.78 is 0. The van der Waals surface area contributed by atoms with Gasteiger partial charge in [0.15, 0.2) is 0 Å². The molecule has 1 aromatic carbocycles. The van der Waals surface area contributed by atoms with Crippen LogP contribution in [0.2, 0.25) is 0 Å². The molecule has 0 amide bonds. The van der Waals surface area contributed by atoms with Gasteiger partial charge in [0.2, 0.25) is 0 Å². The van der Waals surface area contributed by atoms with Crippen LogP contribution in [-0.2, 0) is 5.41 Å². The van der Waals surface area contributed by atoms with Gasteiger partial charge in [-0.1, -0.05) is 51.1 Å². The summed E-state index contributed by atoms with van der Waals surface area (Å²) in [6, 6.07) is 8.34. The molecule has 2 N–H and O–H groups in total. The molecule has 0 aromatic heterocycles. The third kappa shape index (κ3) is 2.46. The predicted molar refractivity (Wildman–Crippen MR) is 62.3 cm³/mol. The van der Waals surface area contributed by atoms with E-state index >= 15 is 0 Å². The first-order valence-electron chi connectivity index (χ1n) is 4.93. The molecule has 76 valence electrons. The van der Waals surface area contributed by atoms with Crippen LogP contribution in [-0.4, -0.2) is 0 Å². The molecule has 0 saturated carbocycles. The van der Waals surface area contributed by atoms with Gasteiger partial charge in [-0.05, 0) is 16.5 Å². The number of benzene rings is 1. The van der Waals surface area contributed by atoms with Gasteiger partial charge in [-0.3, -0.25) is 0 Å². The molecule has 1 unspecified atom stereocenters. The van der Waals surface area contributed by atoms with Gasteiger partial charge in [0.05, 0.1) is 0 Å². The van der Waals surface area contributed by atoms with Crippen molar-refractivity contribution >= 4 is 0 Å². The van der Waals surface area contributed by atoms with Crippen LogP contribution in [0.5, 0.6) is 0 Å². The van der Waals surface area contributed by atoms with Crippen LogP contribution < -0.4 is 5.73 Å². The summed E-state index contributed by atoms with van der Waals surface area (Å²) in [5.74, 6) is 0.